The molecule has 9 rings (SSSR count). The number of halogens is 5. The van der Waals surface area contributed by atoms with Gasteiger partial charge in [0.15, 0.2) is 0 Å². The Hall–Kier alpha value is -6.81. The Bertz CT molecular complexity index is 2920. The van der Waals surface area contributed by atoms with Gasteiger partial charge in [-0.1, -0.05) is 52.7 Å². The number of alkyl halides is 3. The van der Waals surface area contributed by atoms with Crippen LogP contribution >= 0.6 is 46.8 Å². The van der Waals surface area contributed by atoms with E-state index >= 15 is 0 Å². The molecular weight excluding hydrogens is 897 g/mol. The van der Waals surface area contributed by atoms with Crippen molar-refractivity contribution in [3.8, 4) is 10.6 Å². The number of anilines is 4. The van der Waals surface area contributed by atoms with Crippen molar-refractivity contribution < 1.29 is 37.5 Å². The number of aromatic amines is 2. The van der Waals surface area contributed by atoms with Crippen molar-refractivity contribution in [1.29, 1.82) is 0 Å². The van der Waals surface area contributed by atoms with E-state index in [1.54, 1.807) is 54.5 Å². The van der Waals surface area contributed by atoms with Crippen molar-refractivity contribution in [3.05, 3.63) is 99.8 Å². The minimum absolute atomic E-state index is 0.0118. The predicted molar refractivity (Wildman–Crippen MR) is 232 cm³/mol. The van der Waals surface area contributed by atoms with Crippen LogP contribution in [0.1, 0.15) is 21.5 Å². The van der Waals surface area contributed by atoms with Crippen LogP contribution in [0.25, 0.3) is 32.4 Å². The van der Waals surface area contributed by atoms with Crippen molar-refractivity contribution in [2.24, 2.45) is 10.8 Å². The Morgan fingerprint density at radius 3 is 2.05 bits per heavy atom. The number of isothiocyanates is 1. The van der Waals surface area contributed by atoms with E-state index in [9.17, 15) is 27.6 Å². The number of carbonyl (C=O) groups excluding carboxylic acids is 3. The number of carboxylic acid groups (broad SMARTS) is 1. The van der Waals surface area contributed by atoms with Gasteiger partial charge in [0.2, 0.25) is 16.9 Å². The van der Waals surface area contributed by atoms with Crippen molar-refractivity contribution in [2.75, 3.05) is 29.2 Å². The number of aromatic nitrogens is 6. The number of hydrogen-bond acceptors (Lipinski definition) is 13. The van der Waals surface area contributed by atoms with Crippen LogP contribution in [-0.2, 0) is 27.2 Å². The van der Waals surface area contributed by atoms with Crippen LogP contribution < -0.4 is 26.4 Å². The van der Waals surface area contributed by atoms with Crippen molar-refractivity contribution in [3.63, 3.8) is 0 Å². The molecular formula is C38H29Cl2F3N12O5S2. The molecule has 3 amide bonds. The van der Waals surface area contributed by atoms with E-state index < -0.39 is 12.1 Å². The molecule has 2 aliphatic rings. The zero-order valence-corrected chi connectivity index (χ0v) is 35.0. The highest BCUT2D eigenvalue weighted by molar-refractivity contribution is 7.78. The second-order valence-corrected chi connectivity index (χ2v) is 14.8. The van der Waals surface area contributed by atoms with Gasteiger partial charge in [-0.25, -0.2) is 10.6 Å². The third-order valence-electron chi connectivity index (χ3n) is 9.21. The van der Waals surface area contributed by atoms with Crippen molar-refractivity contribution in [1.82, 2.24) is 36.0 Å². The number of nitrogens with zero attached hydrogens (tertiary/aromatic N) is 7. The van der Waals surface area contributed by atoms with Crippen molar-refractivity contribution in [2.45, 2.75) is 19.0 Å². The maximum atomic E-state index is 12.0. The Kier molecular flexibility index (Phi) is 13.6. The number of hydrogen-bond donors (Lipinski definition) is 6. The fourth-order valence-electron chi connectivity index (χ4n) is 6.13. The number of fused-ring (bicyclic) bond motifs is 4. The lowest BCUT2D eigenvalue weighted by molar-refractivity contribution is -0.192. The van der Waals surface area contributed by atoms with Gasteiger partial charge in [-0.3, -0.25) is 30.0 Å². The third-order valence-corrected chi connectivity index (χ3v) is 11.0. The Morgan fingerprint density at radius 1 is 0.887 bits per heavy atom. The summed E-state index contributed by atoms with van der Waals surface area (Å²) in [4.78, 5) is 50.9. The summed E-state index contributed by atoms with van der Waals surface area (Å²) in [6.45, 7) is 0. The quantitative estimate of drug-likeness (QED) is 0.0326. The van der Waals surface area contributed by atoms with Gasteiger partial charge in [-0.05, 0) is 65.8 Å². The first-order valence-corrected chi connectivity index (χ1v) is 19.5. The summed E-state index contributed by atoms with van der Waals surface area (Å²) < 4.78 is 31.7. The number of H-pyrrole nitrogens is 2. The molecule has 2 aliphatic heterocycles. The number of nitrogens with two attached hydrogens (primary N) is 1. The van der Waals surface area contributed by atoms with Gasteiger partial charge in [0.05, 0.1) is 62.9 Å². The number of aliphatic imine (C=N–C) groups is 1. The number of hydrazine groups is 1. The molecule has 0 atom stereocenters. The highest BCUT2D eigenvalue weighted by Crippen LogP contribution is 2.39. The standard InChI is InChI=1S/C18H13ClN6OS.C10H11N3O2.C8H4ClN3S.C2HF3O2/c1-25-14-4-2-3-9(10(14)7-15(25)26)17-23-24-18(27-17)21-13-6-5-12-11(16(13)19)8-20-22-12;1-13-8-4-2-3-6(10(15)12-11)7(8)5-9(13)14;9-8-5-3-11-12-6(5)1-2-7(8)10-4-13;3-2(4,5)1(6)7/h2-6,8H,7H2,1H3,(H,20,22)(H,21,24);2-4H,5,11H2,1H3,(H,12,15);1-3H,(H,11,12);(H,6,7). The highest BCUT2D eigenvalue weighted by atomic mass is 35.5. The third kappa shape index (κ3) is 9.55. The first-order valence-electron chi connectivity index (χ1n) is 17.5. The molecule has 4 aromatic carbocycles. The first kappa shape index (κ1) is 44.7. The molecule has 0 spiro atoms. The van der Waals surface area contributed by atoms with E-state index in [4.69, 9.17) is 38.9 Å². The molecule has 0 unspecified atom stereocenters. The van der Waals surface area contributed by atoms with Crippen LogP contribution in [0.4, 0.5) is 41.1 Å². The molecule has 62 heavy (non-hydrogen) atoms. The van der Waals surface area contributed by atoms with Crippen LogP contribution in [0.15, 0.2) is 78.0 Å². The molecule has 0 bridgehead atoms. The van der Waals surface area contributed by atoms with E-state index in [1.807, 2.05) is 42.5 Å². The Balaban J connectivity index is 0.000000155. The predicted octanol–water partition coefficient (Wildman–Crippen LogP) is 7.39. The SMILES string of the molecule is CN1C(=O)Cc2c(-c3nnc(Nc4ccc5[nH]ncc5c4Cl)s3)cccc21.CN1C(=O)Cc2c(C(=O)NN)cccc21.O=C(O)C(F)(F)F.S=C=Nc1ccc2[nH]ncc2c1Cl. The summed E-state index contributed by atoms with van der Waals surface area (Å²) in [5.74, 6) is 2.02. The monoisotopic (exact) mass is 924 g/mol. The van der Waals surface area contributed by atoms with Gasteiger partial charge in [0, 0.05) is 47.4 Å². The normalized spacial score (nSPS) is 12.6. The molecule has 318 valence electrons. The molecule has 7 aromatic rings. The molecule has 0 saturated carbocycles. The van der Waals surface area contributed by atoms with Gasteiger partial charge in [0.1, 0.15) is 5.01 Å². The maximum Gasteiger partial charge on any atom is 0.490 e. The number of nitrogens with one attached hydrogen (secondary N) is 4. The maximum absolute atomic E-state index is 12.0. The van der Waals surface area contributed by atoms with E-state index in [2.05, 4.69) is 63.7 Å². The van der Waals surface area contributed by atoms with Crippen molar-refractivity contribution >= 4 is 125 Å². The average Bonchev–Trinajstić information content (AvgIpc) is 4.11. The summed E-state index contributed by atoms with van der Waals surface area (Å²) in [5, 5.41) is 38.9. The fraction of sp³-hybridized carbons (Fsp3) is 0.132. The average molecular weight is 926 g/mol. The summed E-state index contributed by atoms with van der Waals surface area (Å²) in [5.41, 5.74) is 10.0. The molecule has 3 aromatic heterocycles. The molecule has 5 heterocycles. The highest BCUT2D eigenvalue weighted by Gasteiger charge is 2.38. The topological polar surface area (TPSA) is 241 Å². The van der Waals surface area contributed by atoms with Gasteiger partial charge in [-0.15, -0.1) is 10.2 Å². The molecule has 7 N–H and O–H groups in total. The second-order valence-electron chi connectivity index (χ2n) is 12.9. The summed E-state index contributed by atoms with van der Waals surface area (Å²) >= 11 is 18.4. The van der Waals surface area contributed by atoms with Gasteiger partial charge in [0.25, 0.3) is 5.91 Å². The Labute approximate surface area is 366 Å². The molecule has 24 heteroatoms. The van der Waals surface area contributed by atoms with Gasteiger partial charge >= 0.3 is 12.1 Å². The van der Waals surface area contributed by atoms with E-state index in [-0.39, 0.29) is 24.1 Å². The van der Waals surface area contributed by atoms with Crippen LogP contribution in [0.3, 0.4) is 0 Å². The minimum atomic E-state index is -5.08. The number of aliphatic carboxylic acids is 1. The minimum Gasteiger partial charge on any atom is -0.475 e. The summed E-state index contributed by atoms with van der Waals surface area (Å²) in [7, 11) is 3.48. The lowest BCUT2D eigenvalue weighted by atomic mass is 10.0. The van der Waals surface area contributed by atoms with Crippen LogP contribution in [-0.4, -0.2) is 84.8 Å². The largest absolute Gasteiger partial charge is 0.490 e. The first-order chi connectivity index (χ1) is 29.5. The van der Waals surface area contributed by atoms with E-state index in [0.29, 0.717) is 32.8 Å². The second kappa shape index (κ2) is 18.8. The van der Waals surface area contributed by atoms with Gasteiger partial charge in [-0.2, -0.15) is 28.4 Å². The number of rotatable bonds is 5. The molecule has 0 aliphatic carbocycles. The number of thiocarbonyl (C=S) groups is 1. The van der Waals surface area contributed by atoms with Crippen LogP contribution in [0.2, 0.25) is 10.0 Å². The fourth-order valence-corrected chi connectivity index (χ4v) is 7.56. The number of likely N-dealkylation sites (N-methyl/N-ethyl adjacent to an activating group) is 2. The summed E-state index contributed by atoms with van der Waals surface area (Å²) in [6.07, 6.45) is -1.10. The number of nitrogen functional groups attached to an aromatic ring is 1. The molecule has 0 radical (unpaired) electrons. The van der Waals surface area contributed by atoms with Gasteiger partial charge < -0.3 is 20.2 Å². The van der Waals surface area contributed by atoms with Crippen LogP contribution in [0.5, 0.6) is 0 Å². The van der Waals surface area contributed by atoms with Crippen LogP contribution in [0, 0.1) is 0 Å². The van der Waals surface area contributed by atoms with E-state index in [0.717, 1.165) is 60.6 Å². The molecule has 17 nitrogen and oxygen atoms in total. The van der Waals surface area contributed by atoms with E-state index in [1.165, 1.54) is 11.3 Å². The Morgan fingerprint density at radius 2 is 1.45 bits per heavy atom. The smallest absolute Gasteiger partial charge is 0.475 e. The number of carbonyl (C=O) groups is 4. The molecule has 0 saturated heterocycles. The lowest BCUT2D eigenvalue weighted by Gasteiger charge is -2.10. The number of benzene rings is 4. The summed E-state index contributed by atoms with van der Waals surface area (Å²) in [6, 6.07) is 18.5. The number of carboxylic acids is 1. The molecule has 0 fully saturated rings. The number of amides is 3. The zero-order valence-electron chi connectivity index (χ0n) is 31.8. The lowest BCUT2D eigenvalue weighted by Crippen LogP contribution is -2.30. The zero-order chi connectivity index (χ0) is 44.9.